The molecule has 0 saturated heterocycles. The van der Waals surface area contributed by atoms with Crippen LogP contribution in [0.2, 0.25) is 5.02 Å². The molecule has 92 valence electrons. The highest BCUT2D eigenvalue weighted by Gasteiger charge is 2.19. The number of nitrogens with zero attached hydrogens (tertiary/aromatic N) is 1. The Labute approximate surface area is 102 Å². The van der Waals surface area contributed by atoms with Crippen LogP contribution in [0.4, 0.5) is 8.78 Å². The zero-order valence-corrected chi connectivity index (χ0v) is 9.89. The maximum atomic E-state index is 11.9. The summed E-state index contributed by atoms with van der Waals surface area (Å²) in [6.07, 6.45) is -2.79. The number of hydrogen-bond acceptors (Lipinski definition) is 3. The van der Waals surface area contributed by atoms with E-state index in [0.717, 1.165) is 12.1 Å². The monoisotopic (exact) mass is 280 g/mol. The lowest BCUT2D eigenvalue weighted by molar-refractivity contribution is 0.153. The fraction of sp³-hybridized carbons (Fsp3) is 0.222. The Bertz CT molecular complexity index is 555. The molecule has 0 aliphatic carbocycles. The van der Waals surface area contributed by atoms with Gasteiger partial charge in [-0.15, -0.1) is 0 Å². The number of nitriles is 1. The van der Waals surface area contributed by atoms with Crippen LogP contribution in [0.1, 0.15) is 5.56 Å². The molecule has 0 fully saturated rings. The van der Waals surface area contributed by atoms with Gasteiger partial charge in [0.15, 0.2) is 0 Å². The van der Waals surface area contributed by atoms with Crippen LogP contribution in [0.5, 0.6) is 0 Å². The van der Waals surface area contributed by atoms with Gasteiger partial charge in [-0.3, -0.25) is 0 Å². The molecule has 0 aliphatic rings. The van der Waals surface area contributed by atoms with Gasteiger partial charge in [-0.25, -0.2) is 21.9 Å². The van der Waals surface area contributed by atoms with Gasteiger partial charge in [0.25, 0.3) is 6.43 Å². The molecule has 17 heavy (non-hydrogen) atoms. The molecule has 1 rings (SSSR count). The van der Waals surface area contributed by atoms with E-state index in [1.165, 1.54) is 6.07 Å². The molecule has 4 nitrogen and oxygen atoms in total. The predicted molar refractivity (Wildman–Crippen MR) is 57.4 cm³/mol. The quantitative estimate of drug-likeness (QED) is 0.913. The third kappa shape index (κ3) is 3.63. The second-order valence-corrected chi connectivity index (χ2v) is 5.14. The smallest absolute Gasteiger partial charge is 0.209 e. The highest BCUT2D eigenvalue weighted by molar-refractivity contribution is 7.89. The molecule has 0 heterocycles. The summed E-state index contributed by atoms with van der Waals surface area (Å²) in [7, 11) is -4.08. The second-order valence-electron chi connectivity index (χ2n) is 3.00. The highest BCUT2D eigenvalue weighted by Crippen LogP contribution is 2.22. The Balaban J connectivity index is 3.04. The first-order valence-corrected chi connectivity index (χ1v) is 6.20. The van der Waals surface area contributed by atoms with Crippen molar-refractivity contribution in [2.75, 3.05) is 6.54 Å². The first kappa shape index (κ1) is 13.8. The van der Waals surface area contributed by atoms with Crippen LogP contribution in [0.15, 0.2) is 23.1 Å². The van der Waals surface area contributed by atoms with Crippen LogP contribution in [-0.4, -0.2) is 21.4 Å². The molecular formula is C9H7ClF2N2O2S. The summed E-state index contributed by atoms with van der Waals surface area (Å²) in [4.78, 5) is -0.334. The lowest BCUT2D eigenvalue weighted by Crippen LogP contribution is -2.28. The summed E-state index contributed by atoms with van der Waals surface area (Å²) in [6, 6.07) is 5.26. The Morgan fingerprint density at radius 1 is 1.47 bits per heavy atom. The largest absolute Gasteiger partial charge is 0.251 e. The summed E-state index contributed by atoms with van der Waals surface area (Å²) >= 11 is 5.65. The number of halogens is 3. The van der Waals surface area contributed by atoms with E-state index in [-0.39, 0.29) is 15.5 Å². The lowest BCUT2D eigenvalue weighted by atomic mass is 10.2. The zero-order valence-electron chi connectivity index (χ0n) is 8.32. The molecule has 0 saturated carbocycles. The summed E-state index contributed by atoms with van der Waals surface area (Å²) < 4.78 is 48.6. The van der Waals surface area contributed by atoms with Crippen molar-refractivity contribution in [2.45, 2.75) is 11.3 Å². The van der Waals surface area contributed by atoms with Gasteiger partial charge in [0.1, 0.15) is 4.90 Å². The minimum absolute atomic E-state index is 0.183. The molecule has 0 amide bonds. The molecule has 1 aromatic carbocycles. The van der Waals surface area contributed by atoms with Crippen LogP contribution in [-0.2, 0) is 10.0 Å². The van der Waals surface area contributed by atoms with Crippen molar-refractivity contribution < 1.29 is 17.2 Å². The Hall–Kier alpha value is -1.23. The van der Waals surface area contributed by atoms with Crippen molar-refractivity contribution in [1.82, 2.24) is 4.72 Å². The molecule has 0 aliphatic heterocycles. The van der Waals surface area contributed by atoms with Gasteiger partial charge >= 0.3 is 0 Å². The van der Waals surface area contributed by atoms with Crippen LogP contribution >= 0.6 is 11.6 Å². The van der Waals surface area contributed by atoms with E-state index >= 15 is 0 Å². The number of rotatable bonds is 4. The average molecular weight is 281 g/mol. The average Bonchev–Trinajstić information content (AvgIpc) is 2.26. The first-order chi connectivity index (χ1) is 7.86. The predicted octanol–water partition coefficient (Wildman–Crippen LogP) is 1.76. The molecular weight excluding hydrogens is 274 g/mol. The van der Waals surface area contributed by atoms with Crippen LogP contribution in [0, 0.1) is 11.3 Å². The van der Waals surface area contributed by atoms with Crippen LogP contribution in [0.3, 0.4) is 0 Å². The van der Waals surface area contributed by atoms with E-state index in [1.807, 2.05) is 0 Å². The number of benzene rings is 1. The molecule has 0 spiro atoms. The van der Waals surface area contributed by atoms with Crippen molar-refractivity contribution in [3.63, 3.8) is 0 Å². The molecule has 1 aromatic rings. The van der Waals surface area contributed by atoms with Crippen molar-refractivity contribution in [2.24, 2.45) is 0 Å². The van der Waals surface area contributed by atoms with Crippen molar-refractivity contribution >= 4 is 21.6 Å². The topological polar surface area (TPSA) is 70.0 Å². The van der Waals surface area contributed by atoms with E-state index in [1.54, 1.807) is 10.8 Å². The van der Waals surface area contributed by atoms with Crippen molar-refractivity contribution in [3.8, 4) is 6.07 Å². The van der Waals surface area contributed by atoms with Gasteiger partial charge in [-0.05, 0) is 18.2 Å². The van der Waals surface area contributed by atoms with E-state index in [4.69, 9.17) is 16.9 Å². The highest BCUT2D eigenvalue weighted by atomic mass is 35.5. The fourth-order valence-electron chi connectivity index (χ4n) is 1.04. The van der Waals surface area contributed by atoms with E-state index in [0.29, 0.717) is 0 Å². The number of nitrogens with one attached hydrogen (secondary N) is 1. The molecule has 0 aromatic heterocycles. The normalized spacial score (nSPS) is 11.5. The zero-order chi connectivity index (χ0) is 13.1. The maximum Gasteiger partial charge on any atom is 0.251 e. The standard InChI is InChI=1S/C9H7ClF2N2O2S/c10-7-3-6(4-13)1-2-8(7)17(15,16)14-5-9(11)12/h1-3,9,14H,5H2. The van der Waals surface area contributed by atoms with Crippen LogP contribution in [0.25, 0.3) is 0 Å². The summed E-state index contributed by atoms with van der Waals surface area (Å²) in [5, 5.41) is 8.37. The molecule has 8 heteroatoms. The minimum Gasteiger partial charge on any atom is -0.209 e. The molecule has 1 N–H and O–H groups in total. The number of hydrogen-bond donors (Lipinski definition) is 1. The van der Waals surface area contributed by atoms with E-state index < -0.39 is 23.0 Å². The lowest BCUT2D eigenvalue weighted by Gasteiger charge is -2.07. The van der Waals surface area contributed by atoms with Gasteiger partial charge in [0.2, 0.25) is 10.0 Å². The summed E-state index contributed by atoms with van der Waals surface area (Å²) in [6.45, 7) is -0.987. The molecule has 0 atom stereocenters. The Kier molecular flexibility index (Phi) is 4.40. The number of sulfonamides is 1. The van der Waals surface area contributed by atoms with Gasteiger partial charge in [0.05, 0.1) is 23.2 Å². The summed E-state index contributed by atoms with van der Waals surface area (Å²) in [5.41, 5.74) is 0.183. The molecule has 0 radical (unpaired) electrons. The second kappa shape index (κ2) is 5.40. The molecule has 0 unspecified atom stereocenters. The Morgan fingerprint density at radius 2 is 2.12 bits per heavy atom. The first-order valence-electron chi connectivity index (χ1n) is 4.34. The van der Waals surface area contributed by atoms with Gasteiger partial charge < -0.3 is 0 Å². The van der Waals surface area contributed by atoms with E-state index in [9.17, 15) is 17.2 Å². The SMILES string of the molecule is N#Cc1ccc(S(=O)(=O)NCC(F)F)c(Cl)c1. The third-order valence-electron chi connectivity index (χ3n) is 1.78. The van der Waals surface area contributed by atoms with Gasteiger partial charge in [-0.2, -0.15) is 5.26 Å². The Morgan fingerprint density at radius 3 is 2.59 bits per heavy atom. The maximum absolute atomic E-state index is 11.9. The van der Waals surface area contributed by atoms with Gasteiger partial charge in [0, 0.05) is 0 Å². The minimum atomic E-state index is -4.08. The van der Waals surface area contributed by atoms with Gasteiger partial charge in [-0.1, -0.05) is 11.6 Å². The summed E-state index contributed by atoms with van der Waals surface area (Å²) in [5.74, 6) is 0. The van der Waals surface area contributed by atoms with E-state index in [2.05, 4.69) is 0 Å². The number of alkyl halides is 2. The van der Waals surface area contributed by atoms with Crippen molar-refractivity contribution in [1.29, 1.82) is 5.26 Å². The molecule has 0 bridgehead atoms. The fourth-order valence-corrected chi connectivity index (χ4v) is 2.59. The van der Waals surface area contributed by atoms with Crippen molar-refractivity contribution in [3.05, 3.63) is 28.8 Å². The van der Waals surface area contributed by atoms with Crippen LogP contribution < -0.4 is 4.72 Å². The third-order valence-corrected chi connectivity index (χ3v) is 3.68.